The third-order valence-corrected chi connectivity index (χ3v) is 4.39. The van der Waals surface area contributed by atoms with Crippen LogP contribution < -0.4 is 5.32 Å². The molecule has 0 unspecified atom stereocenters. The van der Waals surface area contributed by atoms with Gasteiger partial charge in [0, 0.05) is 25.1 Å². The highest BCUT2D eigenvalue weighted by Crippen LogP contribution is 2.25. The van der Waals surface area contributed by atoms with Crippen LogP contribution in [0, 0.1) is 24.0 Å². The van der Waals surface area contributed by atoms with E-state index in [2.05, 4.69) is 5.32 Å². The number of imide groups is 1. The molecular formula is C19H17N3O5. The summed E-state index contributed by atoms with van der Waals surface area (Å²) < 4.78 is 0. The van der Waals surface area contributed by atoms with Gasteiger partial charge in [-0.05, 0) is 31.5 Å². The smallest absolute Gasteiger partial charge is 0.271 e. The number of nitrogens with one attached hydrogen (secondary N) is 1. The van der Waals surface area contributed by atoms with Crippen molar-refractivity contribution in [2.75, 3.05) is 11.9 Å². The number of aryl methyl sites for hydroxylation is 2. The number of carbonyl (C=O) groups is 3. The molecule has 0 aliphatic carbocycles. The lowest BCUT2D eigenvalue weighted by Gasteiger charge is -2.14. The second-order valence-electron chi connectivity index (χ2n) is 6.37. The number of rotatable bonds is 5. The number of amides is 3. The summed E-state index contributed by atoms with van der Waals surface area (Å²) in [4.78, 5) is 48.3. The fourth-order valence-electron chi connectivity index (χ4n) is 2.89. The molecule has 1 aliphatic heterocycles. The van der Waals surface area contributed by atoms with Crippen LogP contribution in [-0.4, -0.2) is 34.1 Å². The number of carbonyl (C=O) groups excluding carboxylic acids is 3. The highest BCUT2D eigenvalue weighted by molar-refractivity contribution is 6.21. The van der Waals surface area contributed by atoms with Gasteiger partial charge in [0.2, 0.25) is 5.91 Å². The van der Waals surface area contributed by atoms with E-state index < -0.39 is 22.6 Å². The van der Waals surface area contributed by atoms with E-state index in [1.807, 2.05) is 6.92 Å². The molecule has 27 heavy (non-hydrogen) atoms. The van der Waals surface area contributed by atoms with Gasteiger partial charge in [-0.3, -0.25) is 29.4 Å². The average Bonchev–Trinajstić information content (AvgIpc) is 2.85. The molecular weight excluding hydrogens is 350 g/mol. The molecule has 0 bridgehead atoms. The molecule has 0 spiro atoms. The van der Waals surface area contributed by atoms with Crippen molar-refractivity contribution >= 4 is 29.1 Å². The van der Waals surface area contributed by atoms with Crippen molar-refractivity contribution in [3.05, 3.63) is 68.8 Å². The second-order valence-corrected chi connectivity index (χ2v) is 6.37. The summed E-state index contributed by atoms with van der Waals surface area (Å²) in [5.74, 6) is -1.28. The van der Waals surface area contributed by atoms with Gasteiger partial charge >= 0.3 is 0 Å². The van der Waals surface area contributed by atoms with E-state index in [9.17, 15) is 24.5 Å². The molecule has 1 heterocycles. The van der Waals surface area contributed by atoms with Crippen molar-refractivity contribution in [2.45, 2.75) is 20.3 Å². The average molecular weight is 367 g/mol. The van der Waals surface area contributed by atoms with E-state index in [4.69, 9.17) is 0 Å². The van der Waals surface area contributed by atoms with Crippen molar-refractivity contribution in [1.29, 1.82) is 0 Å². The highest BCUT2D eigenvalue weighted by atomic mass is 16.6. The largest absolute Gasteiger partial charge is 0.326 e. The van der Waals surface area contributed by atoms with Crippen LogP contribution in [0.15, 0.2) is 36.4 Å². The Labute approximate surface area is 154 Å². The summed E-state index contributed by atoms with van der Waals surface area (Å²) in [7, 11) is 0. The molecule has 0 radical (unpaired) electrons. The second kappa shape index (κ2) is 6.99. The Hall–Kier alpha value is -3.55. The van der Waals surface area contributed by atoms with Gasteiger partial charge in [-0.1, -0.05) is 17.7 Å². The zero-order valence-electron chi connectivity index (χ0n) is 14.8. The molecule has 3 amide bonds. The Balaban J connectivity index is 1.67. The quantitative estimate of drug-likeness (QED) is 0.496. The van der Waals surface area contributed by atoms with Crippen LogP contribution in [0.5, 0.6) is 0 Å². The minimum absolute atomic E-state index is 0.0643. The van der Waals surface area contributed by atoms with Crippen molar-refractivity contribution in [3.63, 3.8) is 0 Å². The Morgan fingerprint density at radius 1 is 1.07 bits per heavy atom. The van der Waals surface area contributed by atoms with E-state index in [1.54, 1.807) is 31.2 Å². The molecule has 0 saturated carbocycles. The van der Waals surface area contributed by atoms with Gasteiger partial charge in [0.25, 0.3) is 17.5 Å². The normalized spacial score (nSPS) is 12.9. The van der Waals surface area contributed by atoms with Gasteiger partial charge in [-0.15, -0.1) is 0 Å². The Kier molecular flexibility index (Phi) is 4.72. The van der Waals surface area contributed by atoms with Crippen molar-refractivity contribution in [3.8, 4) is 0 Å². The number of fused-ring (bicyclic) bond motifs is 1. The fourth-order valence-corrected chi connectivity index (χ4v) is 2.89. The number of hydrogen-bond acceptors (Lipinski definition) is 5. The summed E-state index contributed by atoms with van der Waals surface area (Å²) in [6, 6.07) is 9.19. The molecule has 138 valence electrons. The van der Waals surface area contributed by atoms with E-state index in [1.165, 1.54) is 12.1 Å². The van der Waals surface area contributed by atoms with Gasteiger partial charge in [-0.2, -0.15) is 0 Å². The Bertz CT molecular complexity index is 983. The molecule has 8 nitrogen and oxygen atoms in total. The summed E-state index contributed by atoms with van der Waals surface area (Å²) in [6.45, 7) is 3.48. The first-order valence-corrected chi connectivity index (χ1v) is 8.29. The molecule has 3 rings (SSSR count). The molecule has 0 atom stereocenters. The number of nitro benzene ring substituents is 1. The van der Waals surface area contributed by atoms with Crippen molar-refractivity contribution < 1.29 is 19.3 Å². The summed E-state index contributed by atoms with van der Waals surface area (Å²) in [6.07, 6.45) is -0.105. The number of hydrogen-bond donors (Lipinski definition) is 1. The van der Waals surface area contributed by atoms with E-state index in [0.29, 0.717) is 22.4 Å². The summed E-state index contributed by atoms with van der Waals surface area (Å²) in [5.41, 5.74) is 2.41. The third kappa shape index (κ3) is 3.55. The summed E-state index contributed by atoms with van der Waals surface area (Å²) in [5, 5.41) is 13.5. The molecule has 1 aliphatic rings. The van der Waals surface area contributed by atoms with Crippen molar-refractivity contribution in [2.24, 2.45) is 0 Å². The Morgan fingerprint density at radius 3 is 2.48 bits per heavy atom. The standard InChI is InChI=1S/C19H17N3O5/c1-11-3-6-14-15(9-11)19(25)21(18(14)24)8-7-17(23)20-16-10-13(22(26)27)5-4-12(16)2/h3-6,9-10H,7-8H2,1-2H3,(H,20,23). The van der Waals surface area contributed by atoms with Gasteiger partial charge in [0.05, 0.1) is 21.7 Å². The molecule has 2 aromatic carbocycles. The first-order chi connectivity index (χ1) is 12.8. The number of nitro groups is 1. The van der Waals surface area contributed by atoms with Crippen LogP contribution in [0.1, 0.15) is 38.3 Å². The van der Waals surface area contributed by atoms with Crippen LogP contribution in [-0.2, 0) is 4.79 Å². The number of benzene rings is 2. The van der Waals surface area contributed by atoms with Crippen molar-refractivity contribution in [1.82, 2.24) is 4.90 Å². The topological polar surface area (TPSA) is 110 Å². The van der Waals surface area contributed by atoms with E-state index in [0.717, 1.165) is 10.5 Å². The van der Waals surface area contributed by atoms with E-state index in [-0.39, 0.29) is 18.7 Å². The molecule has 8 heteroatoms. The number of anilines is 1. The minimum Gasteiger partial charge on any atom is -0.326 e. The van der Waals surface area contributed by atoms with E-state index >= 15 is 0 Å². The van der Waals surface area contributed by atoms with Crippen LogP contribution in [0.25, 0.3) is 0 Å². The minimum atomic E-state index is -0.546. The predicted octanol–water partition coefficient (Wildman–Crippen LogP) is 2.84. The molecule has 0 aromatic heterocycles. The van der Waals surface area contributed by atoms with Gasteiger partial charge in [0.1, 0.15) is 0 Å². The van der Waals surface area contributed by atoms with Crippen LogP contribution in [0.4, 0.5) is 11.4 Å². The fraction of sp³-hybridized carbons (Fsp3) is 0.211. The van der Waals surface area contributed by atoms with Crippen LogP contribution in [0.3, 0.4) is 0 Å². The van der Waals surface area contributed by atoms with Gasteiger partial charge in [0.15, 0.2) is 0 Å². The van der Waals surface area contributed by atoms with Crippen LogP contribution >= 0.6 is 0 Å². The maximum atomic E-state index is 12.4. The Morgan fingerprint density at radius 2 is 1.78 bits per heavy atom. The lowest BCUT2D eigenvalue weighted by atomic mass is 10.1. The number of nitrogens with zero attached hydrogens (tertiary/aromatic N) is 2. The first kappa shape index (κ1) is 18.2. The third-order valence-electron chi connectivity index (χ3n) is 4.39. The zero-order valence-corrected chi connectivity index (χ0v) is 14.8. The maximum absolute atomic E-state index is 12.4. The SMILES string of the molecule is Cc1ccc2c(c1)C(=O)N(CCC(=O)Nc1cc([N+](=O)[O-])ccc1C)C2=O. The molecule has 0 saturated heterocycles. The zero-order chi connectivity index (χ0) is 19.7. The molecule has 2 aromatic rings. The summed E-state index contributed by atoms with van der Waals surface area (Å²) >= 11 is 0. The van der Waals surface area contributed by atoms with Gasteiger partial charge in [-0.25, -0.2) is 0 Å². The molecule has 0 fully saturated rings. The monoisotopic (exact) mass is 367 g/mol. The lowest BCUT2D eigenvalue weighted by molar-refractivity contribution is -0.384. The first-order valence-electron chi connectivity index (χ1n) is 8.29. The van der Waals surface area contributed by atoms with Gasteiger partial charge < -0.3 is 5.32 Å². The predicted molar refractivity (Wildman–Crippen MR) is 97.6 cm³/mol. The van der Waals surface area contributed by atoms with Crippen LogP contribution in [0.2, 0.25) is 0 Å². The lowest BCUT2D eigenvalue weighted by Crippen LogP contribution is -2.32. The maximum Gasteiger partial charge on any atom is 0.271 e. The highest BCUT2D eigenvalue weighted by Gasteiger charge is 2.35. The molecule has 1 N–H and O–H groups in total. The number of non-ortho nitro benzene ring substituents is 1.